The molecule has 0 aliphatic carbocycles. The molecule has 2 amide bonds. The van der Waals surface area contributed by atoms with Crippen LogP contribution >= 0.6 is 23.8 Å². The fourth-order valence-electron chi connectivity index (χ4n) is 3.90. The molecule has 1 aliphatic heterocycles. The maximum atomic E-state index is 13.6. The van der Waals surface area contributed by atoms with E-state index in [9.17, 15) is 9.59 Å². The van der Waals surface area contributed by atoms with E-state index < -0.39 is 6.04 Å². The highest BCUT2D eigenvalue weighted by molar-refractivity contribution is 7.80. The van der Waals surface area contributed by atoms with E-state index >= 15 is 0 Å². The number of nitrogens with one attached hydrogen (secondary N) is 1. The molecule has 3 aromatic carbocycles. The second kappa shape index (κ2) is 10.2. The van der Waals surface area contributed by atoms with Gasteiger partial charge in [-0.2, -0.15) is 0 Å². The molecule has 34 heavy (non-hydrogen) atoms. The third-order valence-electron chi connectivity index (χ3n) is 5.63. The number of carbonyl (C=O) groups is 2. The van der Waals surface area contributed by atoms with Gasteiger partial charge in [-0.1, -0.05) is 41.9 Å². The summed E-state index contributed by atoms with van der Waals surface area (Å²) in [4.78, 5) is 29.7. The SMILES string of the molecule is COc1ccc(N2C(=O)[C@H](CC(=O)Nc3cccc(C)c3)N(Cc3ccccc3Cl)C2=S)cc1. The van der Waals surface area contributed by atoms with Crippen molar-refractivity contribution >= 4 is 52.1 Å². The number of hydrogen-bond acceptors (Lipinski definition) is 4. The number of halogens is 1. The molecule has 3 aromatic rings. The lowest BCUT2D eigenvalue weighted by atomic mass is 10.1. The second-order valence-electron chi connectivity index (χ2n) is 8.01. The van der Waals surface area contributed by atoms with Crippen molar-refractivity contribution in [3.05, 3.63) is 88.9 Å². The fourth-order valence-corrected chi connectivity index (χ4v) is 4.49. The molecule has 4 rings (SSSR count). The van der Waals surface area contributed by atoms with Crippen LogP contribution in [0.25, 0.3) is 0 Å². The van der Waals surface area contributed by atoms with Crippen molar-refractivity contribution in [3.8, 4) is 5.75 Å². The lowest BCUT2D eigenvalue weighted by Crippen LogP contribution is -2.37. The summed E-state index contributed by atoms with van der Waals surface area (Å²) in [6.07, 6.45) is -0.0516. The van der Waals surface area contributed by atoms with Gasteiger partial charge >= 0.3 is 0 Å². The zero-order valence-corrected chi connectivity index (χ0v) is 20.4. The maximum absolute atomic E-state index is 13.6. The molecule has 0 bridgehead atoms. The Morgan fingerprint density at radius 1 is 1.09 bits per heavy atom. The third-order valence-corrected chi connectivity index (χ3v) is 6.41. The van der Waals surface area contributed by atoms with Gasteiger partial charge < -0.3 is 15.0 Å². The first-order valence-corrected chi connectivity index (χ1v) is 11.5. The Bertz CT molecular complexity index is 1230. The zero-order chi connectivity index (χ0) is 24.2. The average molecular weight is 494 g/mol. The Hall–Kier alpha value is -3.42. The predicted molar refractivity (Wildman–Crippen MR) is 138 cm³/mol. The van der Waals surface area contributed by atoms with E-state index in [4.69, 9.17) is 28.6 Å². The first-order chi connectivity index (χ1) is 16.4. The molecule has 174 valence electrons. The summed E-state index contributed by atoms with van der Waals surface area (Å²) in [5.41, 5.74) is 3.14. The Morgan fingerprint density at radius 3 is 2.50 bits per heavy atom. The van der Waals surface area contributed by atoms with E-state index in [1.807, 2.05) is 49.4 Å². The summed E-state index contributed by atoms with van der Waals surface area (Å²) in [6, 6.07) is 21.2. The molecule has 1 aliphatic rings. The molecular weight excluding hydrogens is 470 g/mol. The van der Waals surface area contributed by atoms with Crippen molar-refractivity contribution in [2.45, 2.75) is 25.9 Å². The highest BCUT2D eigenvalue weighted by atomic mass is 35.5. The number of anilines is 2. The summed E-state index contributed by atoms with van der Waals surface area (Å²) < 4.78 is 5.22. The van der Waals surface area contributed by atoms with Gasteiger partial charge in [0.25, 0.3) is 5.91 Å². The van der Waals surface area contributed by atoms with Crippen molar-refractivity contribution in [2.75, 3.05) is 17.3 Å². The Balaban J connectivity index is 1.62. The van der Waals surface area contributed by atoms with Crippen molar-refractivity contribution in [2.24, 2.45) is 0 Å². The van der Waals surface area contributed by atoms with E-state index in [0.717, 1.165) is 11.1 Å². The number of rotatable bonds is 7. The van der Waals surface area contributed by atoms with Gasteiger partial charge in [-0.05, 0) is 72.7 Å². The number of aryl methyl sites for hydroxylation is 1. The maximum Gasteiger partial charge on any atom is 0.256 e. The normalized spacial score (nSPS) is 15.6. The summed E-state index contributed by atoms with van der Waals surface area (Å²) in [5, 5.41) is 3.78. The van der Waals surface area contributed by atoms with Crippen LogP contribution in [0.5, 0.6) is 5.75 Å². The van der Waals surface area contributed by atoms with Gasteiger partial charge in [0.05, 0.1) is 19.2 Å². The van der Waals surface area contributed by atoms with Gasteiger partial charge in [0.15, 0.2) is 5.11 Å². The Labute approximate surface area is 209 Å². The lowest BCUT2D eigenvalue weighted by Gasteiger charge is -2.24. The molecule has 6 nitrogen and oxygen atoms in total. The van der Waals surface area contributed by atoms with Crippen LogP contribution in [-0.4, -0.2) is 35.0 Å². The first kappa shape index (κ1) is 23.7. The molecule has 0 spiro atoms. The van der Waals surface area contributed by atoms with Crippen LogP contribution in [0.3, 0.4) is 0 Å². The van der Waals surface area contributed by atoms with Gasteiger partial charge in [-0.25, -0.2) is 0 Å². The van der Waals surface area contributed by atoms with E-state index in [1.54, 1.807) is 42.3 Å². The Morgan fingerprint density at radius 2 is 1.82 bits per heavy atom. The molecule has 1 fully saturated rings. The minimum atomic E-state index is -0.768. The molecule has 0 aromatic heterocycles. The first-order valence-electron chi connectivity index (χ1n) is 10.8. The van der Waals surface area contributed by atoms with Gasteiger partial charge in [0.1, 0.15) is 11.8 Å². The quantitative estimate of drug-likeness (QED) is 0.459. The highest BCUT2D eigenvalue weighted by Gasteiger charge is 2.44. The Kier molecular flexibility index (Phi) is 7.14. The number of benzene rings is 3. The molecule has 0 radical (unpaired) electrons. The number of amides is 2. The summed E-state index contributed by atoms with van der Waals surface area (Å²) in [6.45, 7) is 2.26. The van der Waals surface area contributed by atoms with E-state index in [0.29, 0.717) is 33.8 Å². The largest absolute Gasteiger partial charge is 0.497 e. The summed E-state index contributed by atoms with van der Waals surface area (Å²) in [7, 11) is 1.58. The van der Waals surface area contributed by atoms with Crippen molar-refractivity contribution in [3.63, 3.8) is 0 Å². The zero-order valence-electron chi connectivity index (χ0n) is 18.8. The van der Waals surface area contributed by atoms with E-state index in [-0.39, 0.29) is 18.2 Å². The van der Waals surface area contributed by atoms with Crippen molar-refractivity contribution in [1.82, 2.24) is 4.90 Å². The standard InChI is InChI=1S/C26H24ClN3O3S/c1-17-6-5-8-19(14-17)28-24(31)15-23-25(32)30(20-10-12-21(33-2)13-11-20)26(34)29(23)16-18-7-3-4-9-22(18)27/h3-14,23H,15-16H2,1-2H3,(H,28,31)/t23-/m0/s1. The molecule has 0 saturated carbocycles. The van der Waals surface area contributed by atoms with Crippen LogP contribution in [0, 0.1) is 6.92 Å². The number of hydrogen-bond donors (Lipinski definition) is 1. The van der Waals surface area contributed by atoms with Gasteiger partial charge in [0.2, 0.25) is 5.91 Å². The summed E-state index contributed by atoms with van der Waals surface area (Å²) >= 11 is 12.1. The minimum Gasteiger partial charge on any atom is -0.497 e. The topological polar surface area (TPSA) is 61.9 Å². The molecule has 1 atom stereocenters. The van der Waals surface area contributed by atoms with Crippen molar-refractivity contribution in [1.29, 1.82) is 0 Å². The number of thiocarbonyl (C=S) groups is 1. The molecule has 0 unspecified atom stereocenters. The molecule has 1 heterocycles. The minimum absolute atomic E-state index is 0.0516. The predicted octanol–water partition coefficient (Wildman–Crippen LogP) is 5.19. The molecule has 1 saturated heterocycles. The van der Waals surface area contributed by atoms with Crippen LogP contribution in [0.2, 0.25) is 5.02 Å². The van der Waals surface area contributed by atoms with E-state index in [1.165, 1.54) is 4.90 Å². The number of ether oxygens (including phenoxy) is 1. The summed E-state index contributed by atoms with van der Waals surface area (Å²) in [5.74, 6) is 0.137. The molecule has 8 heteroatoms. The van der Waals surface area contributed by atoms with Crippen LogP contribution in [0.4, 0.5) is 11.4 Å². The third kappa shape index (κ3) is 5.05. The van der Waals surface area contributed by atoms with Crippen LogP contribution in [-0.2, 0) is 16.1 Å². The van der Waals surface area contributed by atoms with Gasteiger partial charge in [-0.3, -0.25) is 14.5 Å². The van der Waals surface area contributed by atoms with E-state index in [2.05, 4.69) is 5.32 Å². The van der Waals surface area contributed by atoms with Crippen LogP contribution in [0.1, 0.15) is 17.5 Å². The van der Waals surface area contributed by atoms with Crippen LogP contribution < -0.4 is 15.0 Å². The second-order valence-corrected chi connectivity index (χ2v) is 8.78. The number of carbonyl (C=O) groups excluding carboxylic acids is 2. The highest BCUT2D eigenvalue weighted by Crippen LogP contribution is 2.31. The van der Waals surface area contributed by atoms with Gasteiger partial charge in [-0.15, -0.1) is 0 Å². The number of nitrogens with zero attached hydrogens (tertiary/aromatic N) is 2. The monoisotopic (exact) mass is 493 g/mol. The fraction of sp³-hybridized carbons (Fsp3) is 0.192. The van der Waals surface area contributed by atoms with Crippen molar-refractivity contribution < 1.29 is 14.3 Å². The lowest BCUT2D eigenvalue weighted by molar-refractivity contribution is -0.124. The molecule has 1 N–H and O–H groups in total. The van der Waals surface area contributed by atoms with Crippen LogP contribution in [0.15, 0.2) is 72.8 Å². The average Bonchev–Trinajstić information content (AvgIpc) is 3.04. The number of methoxy groups -OCH3 is 1. The molecular formula is C26H24ClN3O3S. The van der Waals surface area contributed by atoms with Gasteiger partial charge in [0, 0.05) is 17.3 Å². The smallest absolute Gasteiger partial charge is 0.256 e.